The number of carbonyl (C=O) groups is 1. The van der Waals surface area contributed by atoms with E-state index in [9.17, 15) is 4.79 Å². The van der Waals surface area contributed by atoms with E-state index in [-0.39, 0.29) is 11.9 Å². The maximum absolute atomic E-state index is 12.8. The largest absolute Gasteiger partial charge is 0.379 e. The SMILES string of the molecule is Cc1sc(NC(=O)c2cccs2)c([C@H](c2ccccc2)N2CCOCC2)c1C. The number of anilines is 1. The van der Waals surface area contributed by atoms with Gasteiger partial charge in [-0.25, -0.2) is 0 Å². The number of carbonyl (C=O) groups excluding carboxylic acids is 1. The van der Waals surface area contributed by atoms with Crippen LogP contribution in [-0.2, 0) is 4.74 Å². The molecule has 1 saturated heterocycles. The van der Waals surface area contributed by atoms with E-state index in [1.54, 1.807) is 11.3 Å². The van der Waals surface area contributed by atoms with Gasteiger partial charge in [-0.2, -0.15) is 0 Å². The average Bonchev–Trinajstić information content (AvgIpc) is 3.35. The lowest BCUT2D eigenvalue weighted by atomic mass is 9.94. The second-order valence-corrected chi connectivity index (χ2v) is 9.09. The number of rotatable bonds is 5. The molecule has 3 heterocycles. The van der Waals surface area contributed by atoms with Crippen LogP contribution in [0.2, 0.25) is 0 Å². The quantitative estimate of drug-likeness (QED) is 0.634. The van der Waals surface area contributed by atoms with Crippen molar-refractivity contribution in [2.45, 2.75) is 19.9 Å². The first-order chi connectivity index (χ1) is 13.6. The predicted octanol–water partition coefficient (Wildman–Crippen LogP) is 5.10. The molecule has 1 aliphatic heterocycles. The first kappa shape index (κ1) is 19.3. The van der Waals surface area contributed by atoms with Crippen molar-refractivity contribution in [3.63, 3.8) is 0 Å². The van der Waals surface area contributed by atoms with Crippen LogP contribution in [0.3, 0.4) is 0 Å². The number of nitrogens with one attached hydrogen (secondary N) is 1. The first-order valence-corrected chi connectivity index (χ1v) is 11.2. The van der Waals surface area contributed by atoms with E-state index < -0.39 is 0 Å². The minimum atomic E-state index is -0.0358. The van der Waals surface area contributed by atoms with Gasteiger partial charge in [0, 0.05) is 23.5 Å². The summed E-state index contributed by atoms with van der Waals surface area (Å²) in [6, 6.07) is 14.5. The van der Waals surface area contributed by atoms with Gasteiger partial charge in [-0.05, 0) is 36.4 Å². The normalized spacial score (nSPS) is 16.1. The highest BCUT2D eigenvalue weighted by Crippen LogP contribution is 2.42. The minimum absolute atomic E-state index is 0.0358. The summed E-state index contributed by atoms with van der Waals surface area (Å²) in [5.74, 6) is -0.0358. The van der Waals surface area contributed by atoms with Crippen molar-refractivity contribution in [2.24, 2.45) is 0 Å². The number of amides is 1. The molecule has 1 aromatic carbocycles. The average molecular weight is 413 g/mol. The Kier molecular flexibility index (Phi) is 5.92. The molecular weight excluding hydrogens is 388 g/mol. The number of benzene rings is 1. The van der Waals surface area contributed by atoms with Crippen LogP contribution in [0, 0.1) is 13.8 Å². The van der Waals surface area contributed by atoms with Gasteiger partial charge in [0.05, 0.1) is 24.1 Å². The second-order valence-electron chi connectivity index (χ2n) is 6.92. The molecule has 1 amide bonds. The highest BCUT2D eigenvalue weighted by molar-refractivity contribution is 7.17. The first-order valence-electron chi connectivity index (χ1n) is 9.46. The molecule has 1 N–H and O–H groups in total. The summed E-state index contributed by atoms with van der Waals surface area (Å²) in [6.07, 6.45) is 0. The maximum Gasteiger partial charge on any atom is 0.266 e. The van der Waals surface area contributed by atoms with E-state index in [2.05, 4.69) is 48.3 Å². The lowest BCUT2D eigenvalue weighted by molar-refractivity contribution is 0.0240. The standard InChI is InChI=1S/C22H24N2O2S2/c1-15-16(2)28-22(23-21(25)18-9-6-14-27-18)19(15)20(17-7-4-3-5-8-17)24-10-12-26-13-11-24/h3-9,14,20H,10-13H2,1-2H3,(H,23,25)/t20-/m0/s1. The lowest BCUT2D eigenvalue weighted by Gasteiger charge is -2.35. The highest BCUT2D eigenvalue weighted by Gasteiger charge is 2.30. The van der Waals surface area contributed by atoms with E-state index in [0.29, 0.717) is 0 Å². The molecule has 4 nitrogen and oxygen atoms in total. The summed E-state index contributed by atoms with van der Waals surface area (Å²) in [4.78, 5) is 17.2. The summed E-state index contributed by atoms with van der Waals surface area (Å²) in [5.41, 5.74) is 3.71. The molecule has 0 radical (unpaired) electrons. The minimum Gasteiger partial charge on any atom is -0.379 e. The number of ether oxygens (including phenoxy) is 1. The van der Waals surface area contributed by atoms with Gasteiger partial charge in [0.25, 0.3) is 5.91 Å². The van der Waals surface area contributed by atoms with Crippen LogP contribution in [0.25, 0.3) is 0 Å². The van der Waals surface area contributed by atoms with Crippen LogP contribution in [0.4, 0.5) is 5.00 Å². The number of nitrogens with zero attached hydrogens (tertiary/aromatic N) is 1. The Balaban J connectivity index is 1.76. The molecule has 0 saturated carbocycles. The third-order valence-electron chi connectivity index (χ3n) is 5.20. The summed E-state index contributed by atoms with van der Waals surface area (Å²) in [7, 11) is 0. The van der Waals surface area contributed by atoms with Crippen molar-refractivity contribution in [3.05, 3.63) is 74.3 Å². The molecule has 28 heavy (non-hydrogen) atoms. The van der Waals surface area contributed by atoms with Crippen LogP contribution in [0.15, 0.2) is 47.8 Å². The monoisotopic (exact) mass is 412 g/mol. The molecule has 6 heteroatoms. The van der Waals surface area contributed by atoms with Gasteiger partial charge in [0.2, 0.25) is 0 Å². The molecular formula is C22H24N2O2S2. The van der Waals surface area contributed by atoms with E-state index in [0.717, 1.165) is 36.2 Å². The van der Waals surface area contributed by atoms with E-state index in [4.69, 9.17) is 4.74 Å². The zero-order valence-electron chi connectivity index (χ0n) is 16.1. The zero-order valence-corrected chi connectivity index (χ0v) is 17.7. The van der Waals surface area contributed by atoms with E-state index in [1.807, 2.05) is 23.6 Å². The predicted molar refractivity (Wildman–Crippen MR) is 117 cm³/mol. The molecule has 0 aliphatic carbocycles. The Morgan fingerprint density at radius 2 is 1.86 bits per heavy atom. The smallest absolute Gasteiger partial charge is 0.266 e. The van der Waals surface area contributed by atoms with Crippen molar-refractivity contribution in [1.29, 1.82) is 0 Å². The number of hydrogen-bond donors (Lipinski definition) is 1. The Morgan fingerprint density at radius 3 is 2.54 bits per heavy atom. The zero-order chi connectivity index (χ0) is 19.5. The molecule has 0 spiro atoms. The van der Waals surface area contributed by atoms with Gasteiger partial charge in [-0.15, -0.1) is 22.7 Å². The summed E-state index contributed by atoms with van der Waals surface area (Å²) in [5, 5.41) is 6.08. The molecule has 3 aromatic rings. The highest BCUT2D eigenvalue weighted by atomic mass is 32.1. The summed E-state index contributed by atoms with van der Waals surface area (Å²) in [6.45, 7) is 7.53. The van der Waals surface area contributed by atoms with Crippen molar-refractivity contribution in [3.8, 4) is 0 Å². The number of morpholine rings is 1. The van der Waals surface area contributed by atoms with Crippen LogP contribution >= 0.6 is 22.7 Å². The van der Waals surface area contributed by atoms with Gasteiger partial charge < -0.3 is 10.1 Å². The van der Waals surface area contributed by atoms with Crippen molar-refractivity contribution < 1.29 is 9.53 Å². The Bertz CT molecular complexity index is 929. The van der Waals surface area contributed by atoms with Gasteiger partial charge in [0.1, 0.15) is 5.00 Å². The fourth-order valence-corrected chi connectivity index (χ4v) is 5.38. The van der Waals surface area contributed by atoms with Gasteiger partial charge in [-0.1, -0.05) is 36.4 Å². The van der Waals surface area contributed by atoms with Crippen molar-refractivity contribution >= 4 is 33.6 Å². The Morgan fingerprint density at radius 1 is 1.11 bits per heavy atom. The van der Waals surface area contributed by atoms with E-state index >= 15 is 0 Å². The van der Waals surface area contributed by atoms with Crippen LogP contribution in [0.5, 0.6) is 0 Å². The van der Waals surface area contributed by atoms with Gasteiger partial charge in [0.15, 0.2) is 0 Å². The molecule has 1 atom stereocenters. The number of thiophene rings is 2. The van der Waals surface area contributed by atoms with Crippen LogP contribution in [0.1, 0.15) is 37.3 Å². The third-order valence-corrected chi connectivity index (χ3v) is 7.21. The van der Waals surface area contributed by atoms with E-state index in [1.165, 1.54) is 32.9 Å². The molecule has 1 aliphatic rings. The van der Waals surface area contributed by atoms with Crippen LogP contribution in [-0.4, -0.2) is 37.1 Å². The number of aryl methyl sites for hydroxylation is 1. The van der Waals surface area contributed by atoms with Crippen LogP contribution < -0.4 is 5.32 Å². The molecule has 146 valence electrons. The fourth-order valence-electron chi connectivity index (χ4n) is 3.67. The van der Waals surface area contributed by atoms with Crippen molar-refractivity contribution in [1.82, 2.24) is 4.90 Å². The molecule has 0 unspecified atom stereocenters. The molecule has 1 fully saturated rings. The molecule has 2 aromatic heterocycles. The summed E-state index contributed by atoms with van der Waals surface area (Å²) >= 11 is 3.13. The molecule has 0 bridgehead atoms. The Labute approximate surface area is 173 Å². The second kappa shape index (κ2) is 8.57. The number of hydrogen-bond acceptors (Lipinski definition) is 5. The third kappa shape index (κ3) is 3.91. The summed E-state index contributed by atoms with van der Waals surface area (Å²) < 4.78 is 5.59. The molecule has 4 rings (SSSR count). The van der Waals surface area contributed by atoms with Gasteiger partial charge >= 0.3 is 0 Å². The Hall–Kier alpha value is -1.99. The maximum atomic E-state index is 12.8. The fraction of sp³-hybridized carbons (Fsp3) is 0.318. The lowest BCUT2D eigenvalue weighted by Crippen LogP contribution is -2.39. The topological polar surface area (TPSA) is 41.6 Å². The van der Waals surface area contributed by atoms with Crippen molar-refractivity contribution in [2.75, 3.05) is 31.6 Å². The van der Waals surface area contributed by atoms with Gasteiger partial charge in [-0.3, -0.25) is 9.69 Å².